The molecule has 0 unspecified atom stereocenters. The first-order valence-corrected chi connectivity index (χ1v) is 8.13. The maximum absolute atomic E-state index is 6.17. The van der Waals surface area contributed by atoms with Crippen molar-refractivity contribution in [3.05, 3.63) is 75.4 Å². The van der Waals surface area contributed by atoms with Gasteiger partial charge in [-0.15, -0.1) is 0 Å². The SMILES string of the molecule is Cc1ccc(-c2ccc(CNc3ccc(Br)cc3)o2)cc1Cl. The van der Waals surface area contributed by atoms with Crippen LogP contribution in [0.1, 0.15) is 11.3 Å². The second kappa shape index (κ2) is 6.59. The molecule has 1 N–H and O–H groups in total. The minimum atomic E-state index is 0.640. The van der Waals surface area contributed by atoms with Crippen molar-refractivity contribution in [3.63, 3.8) is 0 Å². The fourth-order valence-electron chi connectivity index (χ4n) is 2.13. The van der Waals surface area contributed by atoms with E-state index in [1.165, 1.54) is 0 Å². The topological polar surface area (TPSA) is 25.2 Å². The predicted octanol–water partition coefficient (Wildman–Crippen LogP) is 6.28. The van der Waals surface area contributed by atoms with E-state index in [0.29, 0.717) is 6.54 Å². The molecule has 0 spiro atoms. The summed E-state index contributed by atoms with van der Waals surface area (Å²) in [6.07, 6.45) is 0. The summed E-state index contributed by atoms with van der Waals surface area (Å²) in [6.45, 7) is 2.63. The molecule has 2 nitrogen and oxygen atoms in total. The third-order valence-corrected chi connectivity index (χ3v) is 4.36. The fourth-order valence-corrected chi connectivity index (χ4v) is 2.58. The third-order valence-electron chi connectivity index (χ3n) is 3.43. The van der Waals surface area contributed by atoms with E-state index >= 15 is 0 Å². The minimum absolute atomic E-state index is 0.640. The lowest BCUT2D eigenvalue weighted by molar-refractivity contribution is 0.531. The van der Waals surface area contributed by atoms with Crippen molar-refractivity contribution >= 4 is 33.2 Å². The molecule has 2 aromatic carbocycles. The van der Waals surface area contributed by atoms with Crippen molar-refractivity contribution in [2.45, 2.75) is 13.5 Å². The van der Waals surface area contributed by atoms with Crippen molar-refractivity contribution in [1.29, 1.82) is 0 Å². The van der Waals surface area contributed by atoms with Gasteiger partial charge in [0.05, 0.1) is 6.54 Å². The molecule has 0 atom stereocenters. The number of halogens is 2. The Bertz CT molecular complexity index is 780. The zero-order valence-electron chi connectivity index (χ0n) is 12.1. The Morgan fingerprint density at radius 3 is 2.55 bits per heavy atom. The first-order chi connectivity index (χ1) is 10.6. The Labute approximate surface area is 143 Å². The van der Waals surface area contributed by atoms with Gasteiger partial charge in [-0.2, -0.15) is 0 Å². The van der Waals surface area contributed by atoms with Crippen LogP contribution in [0, 0.1) is 6.92 Å². The maximum atomic E-state index is 6.17. The lowest BCUT2D eigenvalue weighted by Gasteiger charge is -2.04. The Kier molecular flexibility index (Phi) is 4.55. The van der Waals surface area contributed by atoms with E-state index in [4.69, 9.17) is 16.0 Å². The average molecular weight is 377 g/mol. The number of furan rings is 1. The van der Waals surface area contributed by atoms with E-state index in [1.807, 2.05) is 61.5 Å². The Hall–Kier alpha value is -1.71. The summed E-state index contributed by atoms with van der Waals surface area (Å²) < 4.78 is 6.94. The number of nitrogens with one attached hydrogen (secondary N) is 1. The van der Waals surface area contributed by atoms with Crippen molar-refractivity contribution in [2.75, 3.05) is 5.32 Å². The number of benzene rings is 2. The Morgan fingerprint density at radius 2 is 1.82 bits per heavy atom. The normalized spacial score (nSPS) is 10.7. The number of aryl methyl sites for hydroxylation is 1. The van der Waals surface area contributed by atoms with Gasteiger partial charge in [0.2, 0.25) is 0 Å². The fraction of sp³-hybridized carbons (Fsp3) is 0.111. The van der Waals surface area contributed by atoms with Crippen molar-refractivity contribution in [2.24, 2.45) is 0 Å². The van der Waals surface area contributed by atoms with E-state index in [1.54, 1.807) is 0 Å². The van der Waals surface area contributed by atoms with Gasteiger partial charge in [0.25, 0.3) is 0 Å². The smallest absolute Gasteiger partial charge is 0.134 e. The molecule has 3 aromatic rings. The van der Waals surface area contributed by atoms with Gasteiger partial charge in [0, 0.05) is 20.7 Å². The van der Waals surface area contributed by atoms with Crippen LogP contribution in [0.15, 0.2) is 63.5 Å². The van der Waals surface area contributed by atoms with Crippen molar-refractivity contribution in [1.82, 2.24) is 0 Å². The van der Waals surface area contributed by atoms with Crippen LogP contribution >= 0.6 is 27.5 Å². The van der Waals surface area contributed by atoms with E-state index in [9.17, 15) is 0 Å². The molecule has 3 rings (SSSR count). The number of hydrogen-bond acceptors (Lipinski definition) is 2. The molecule has 1 heterocycles. The van der Waals surface area contributed by atoms with Gasteiger partial charge in [0.15, 0.2) is 0 Å². The highest BCUT2D eigenvalue weighted by Crippen LogP contribution is 2.27. The maximum Gasteiger partial charge on any atom is 0.134 e. The molecule has 1 aromatic heterocycles. The van der Waals surface area contributed by atoms with Crippen LogP contribution in [-0.2, 0) is 6.54 Å². The summed E-state index contributed by atoms with van der Waals surface area (Å²) in [6, 6.07) is 18.0. The number of rotatable bonds is 4. The summed E-state index contributed by atoms with van der Waals surface area (Å²) in [5.41, 5.74) is 3.11. The van der Waals surface area contributed by atoms with Crippen LogP contribution in [-0.4, -0.2) is 0 Å². The summed E-state index contributed by atoms with van der Waals surface area (Å²) in [5, 5.41) is 4.09. The van der Waals surface area contributed by atoms with E-state index < -0.39 is 0 Å². The van der Waals surface area contributed by atoms with Gasteiger partial charge in [-0.3, -0.25) is 0 Å². The number of hydrogen-bond donors (Lipinski definition) is 1. The quantitative estimate of drug-likeness (QED) is 0.579. The average Bonchev–Trinajstić information content (AvgIpc) is 2.98. The largest absolute Gasteiger partial charge is 0.459 e. The zero-order valence-corrected chi connectivity index (χ0v) is 14.4. The lowest BCUT2D eigenvalue weighted by atomic mass is 10.1. The highest BCUT2D eigenvalue weighted by molar-refractivity contribution is 9.10. The third kappa shape index (κ3) is 3.54. The minimum Gasteiger partial charge on any atom is -0.459 e. The Morgan fingerprint density at radius 1 is 1.05 bits per heavy atom. The van der Waals surface area contributed by atoms with Crippen LogP contribution < -0.4 is 5.32 Å². The summed E-state index contributed by atoms with van der Waals surface area (Å²) in [7, 11) is 0. The van der Waals surface area contributed by atoms with Crippen LogP contribution in [0.4, 0.5) is 5.69 Å². The summed E-state index contributed by atoms with van der Waals surface area (Å²) >= 11 is 9.59. The van der Waals surface area contributed by atoms with Gasteiger partial charge in [-0.05, 0) is 55.0 Å². The van der Waals surface area contributed by atoms with E-state index in [0.717, 1.165) is 37.8 Å². The first kappa shape index (κ1) is 15.2. The molecule has 0 radical (unpaired) electrons. The van der Waals surface area contributed by atoms with Crippen LogP contribution in [0.3, 0.4) is 0 Å². The molecular weight excluding hydrogens is 362 g/mol. The van der Waals surface area contributed by atoms with Gasteiger partial charge < -0.3 is 9.73 Å². The van der Waals surface area contributed by atoms with Gasteiger partial charge in [0.1, 0.15) is 11.5 Å². The van der Waals surface area contributed by atoms with Crippen molar-refractivity contribution in [3.8, 4) is 11.3 Å². The molecule has 0 fully saturated rings. The van der Waals surface area contributed by atoms with Crippen molar-refractivity contribution < 1.29 is 4.42 Å². The molecule has 0 aliphatic rings. The van der Waals surface area contributed by atoms with Gasteiger partial charge >= 0.3 is 0 Å². The summed E-state index contributed by atoms with van der Waals surface area (Å²) in [5.74, 6) is 1.71. The molecule has 0 saturated heterocycles. The van der Waals surface area contributed by atoms with Gasteiger partial charge in [-0.25, -0.2) is 0 Å². The standard InChI is InChI=1S/C18H15BrClNO/c1-12-2-3-13(10-17(12)20)18-9-8-16(22-18)11-21-15-6-4-14(19)5-7-15/h2-10,21H,11H2,1H3. The zero-order chi connectivity index (χ0) is 15.5. The van der Waals surface area contributed by atoms with Crippen LogP contribution in [0.5, 0.6) is 0 Å². The molecule has 0 aliphatic heterocycles. The molecule has 0 bridgehead atoms. The number of anilines is 1. The molecule has 0 amide bonds. The summed E-state index contributed by atoms with van der Waals surface area (Å²) in [4.78, 5) is 0. The highest BCUT2D eigenvalue weighted by atomic mass is 79.9. The second-order valence-electron chi connectivity index (χ2n) is 5.09. The Balaban J connectivity index is 1.70. The molecule has 4 heteroatoms. The second-order valence-corrected chi connectivity index (χ2v) is 6.41. The first-order valence-electron chi connectivity index (χ1n) is 6.96. The lowest BCUT2D eigenvalue weighted by Crippen LogP contribution is -1.97. The molecule has 22 heavy (non-hydrogen) atoms. The highest BCUT2D eigenvalue weighted by Gasteiger charge is 2.06. The van der Waals surface area contributed by atoms with Gasteiger partial charge in [-0.1, -0.05) is 39.7 Å². The van der Waals surface area contributed by atoms with E-state index in [2.05, 4.69) is 21.2 Å². The molecule has 0 saturated carbocycles. The van der Waals surface area contributed by atoms with Crippen LogP contribution in [0.25, 0.3) is 11.3 Å². The molecule has 112 valence electrons. The van der Waals surface area contributed by atoms with Crippen LogP contribution in [0.2, 0.25) is 5.02 Å². The van der Waals surface area contributed by atoms with E-state index in [-0.39, 0.29) is 0 Å². The predicted molar refractivity (Wildman–Crippen MR) is 95.4 cm³/mol. The monoisotopic (exact) mass is 375 g/mol. The molecular formula is C18H15BrClNO. The molecule has 0 aliphatic carbocycles.